The minimum atomic E-state index is 0.0826. The van der Waals surface area contributed by atoms with E-state index in [0.29, 0.717) is 0 Å². The molecule has 0 fully saturated rings. The van der Waals surface area contributed by atoms with Crippen LogP contribution in [0.5, 0.6) is 0 Å². The highest BCUT2D eigenvalue weighted by Crippen LogP contribution is 2.32. The number of pyridine rings is 1. The van der Waals surface area contributed by atoms with Crippen LogP contribution in [0.2, 0.25) is 0 Å². The number of aryl methyl sites for hydroxylation is 1. The second-order valence-electron chi connectivity index (χ2n) is 4.85. The Balaban J connectivity index is 2.18. The van der Waals surface area contributed by atoms with E-state index >= 15 is 0 Å². The SMILES string of the molecule is CCNC(c1nc(C)cs1)c1ccc(Br)c2cccnc12. The second kappa shape index (κ2) is 6.22. The molecular formula is C16H16BrN3S. The number of hydrogen-bond donors (Lipinski definition) is 1. The molecule has 0 amide bonds. The highest BCUT2D eigenvalue weighted by atomic mass is 79.9. The van der Waals surface area contributed by atoms with Gasteiger partial charge in [-0.05, 0) is 25.6 Å². The largest absolute Gasteiger partial charge is 0.304 e. The van der Waals surface area contributed by atoms with E-state index in [1.807, 2.05) is 19.2 Å². The lowest BCUT2D eigenvalue weighted by atomic mass is 10.0. The van der Waals surface area contributed by atoms with E-state index in [1.54, 1.807) is 11.3 Å². The third kappa shape index (κ3) is 2.86. The normalized spacial score (nSPS) is 12.7. The number of aromatic nitrogens is 2. The van der Waals surface area contributed by atoms with E-state index in [1.165, 1.54) is 5.56 Å². The van der Waals surface area contributed by atoms with Gasteiger partial charge in [0.1, 0.15) is 5.01 Å². The van der Waals surface area contributed by atoms with Crippen LogP contribution in [-0.2, 0) is 0 Å². The highest BCUT2D eigenvalue weighted by molar-refractivity contribution is 9.10. The van der Waals surface area contributed by atoms with Crippen molar-refractivity contribution in [2.75, 3.05) is 6.54 Å². The van der Waals surface area contributed by atoms with Gasteiger partial charge in [0.05, 0.1) is 11.6 Å². The van der Waals surface area contributed by atoms with Crippen molar-refractivity contribution < 1.29 is 0 Å². The molecule has 0 aliphatic carbocycles. The smallest absolute Gasteiger partial charge is 0.114 e. The summed E-state index contributed by atoms with van der Waals surface area (Å²) < 4.78 is 1.07. The van der Waals surface area contributed by atoms with Gasteiger partial charge >= 0.3 is 0 Å². The molecule has 1 atom stereocenters. The highest BCUT2D eigenvalue weighted by Gasteiger charge is 2.20. The summed E-state index contributed by atoms with van der Waals surface area (Å²) in [6.07, 6.45) is 1.84. The predicted molar refractivity (Wildman–Crippen MR) is 91.8 cm³/mol. The molecule has 3 nitrogen and oxygen atoms in total. The molecule has 0 aliphatic heterocycles. The van der Waals surface area contributed by atoms with E-state index < -0.39 is 0 Å². The third-order valence-corrected chi connectivity index (χ3v) is 5.07. The van der Waals surface area contributed by atoms with Crippen molar-refractivity contribution >= 4 is 38.2 Å². The lowest BCUT2D eigenvalue weighted by Gasteiger charge is -2.18. The number of hydrogen-bond acceptors (Lipinski definition) is 4. The molecule has 0 spiro atoms. The van der Waals surface area contributed by atoms with Gasteiger partial charge in [-0.15, -0.1) is 11.3 Å². The van der Waals surface area contributed by atoms with Gasteiger partial charge in [-0.2, -0.15) is 0 Å². The summed E-state index contributed by atoms with van der Waals surface area (Å²) >= 11 is 5.30. The van der Waals surface area contributed by atoms with Crippen LogP contribution < -0.4 is 5.32 Å². The van der Waals surface area contributed by atoms with E-state index in [0.717, 1.165) is 32.6 Å². The Morgan fingerprint density at radius 2 is 2.19 bits per heavy atom. The molecule has 0 saturated heterocycles. The molecule has 108 valence electrons. The Bertz CT molecular complexity index is 769. The zero-order valence-electron chi connectivity index (χ0n) is 11.9. The van der Waals surface area contributed by atoms with Gasteiger partial charge in [-0.3, -0.25) is 4.98 Å². The first kappa shape index (κ1) is 14.6. The molecule has 0 aliphatic rings. The Hall–Kier alpha value is -1.30. The average molecular weight is 362 g/mol. The van der Waals surface area contributed by atoms with Crippen LogP contribution >= 0.6 is 27.3 Å². The Labute approximate surface area is 136 Å². The van der Waals surface area contributed by atoms with Gasteiger partial charge in [0.2, 0.25) is 0 Å². The molecule has 2 aromatic heterocycles. The fraction of sp³-hybridized carbons (Fsp3) is 0.250. The van der Waals surface area contributed by atoms with E-state index in [4.69, 9.17) is 0 Å². The van der Waals surface area contributed by atoms with Crippen LogP contribution in [0.1, 0.15) is 29.2 Å². The van der Waals surface area contributed by atoms with Crippen molar-refractivity contribution in [3.8, 4) is 0 Å². The fourth-order valence-corrected chi connectivity index (χ4v) is 3.77. The number of nitrogens with zero attached hydrogens (tertiary/aromatic N) is 2. The van der Waals surface area contributed by atoms with Crippen LogP contribution in [0.15, 0.2) is 40.3 Å². The summed E-state index contributed by atoms with van der Waals surface area (Å²) in [5, 5.41) is 7.84. The topological polar surface area (TPSA) is 37.8 Å². The maximum absolute atomic E-state index is 4.65. The quantitative estimate of drug-likeness (QED) is 0.745. The van der Waals surface area contributed by atoms with E-state index in [9.17, 15) is 0 Å². The average Bonchev–Trinajstić information content (AvgIpc) is 2.92. The number of halogens is 1. The molecule has 5 heteroatoms. The van der Waals surface area contributed by atoms with Crippen LogP contribution in [0.25, 0.3) is 10.9 Å². The zero-order valence-corrected chi connectivity index (χ0v) is 14.3. The molecular weight excluding hydrogens is 346 g/mol. The molecule has 0 bridgehead atoms. The van der Waals surface area contributed by atoms with Crippen LogP contribution in [-0.4, -0.2) is 16.5 Å². The lowest BCUT2D eigenvalue weighted by Crippen LogP contribution is -2.22. The summed E-state index contributed by atoms with van der Waals surface area (Å²) in [6, 6.07) is 8.35. The number of benzene rings is 1. The standard InChI is InChI=1S/C16H16BrN3S/c1-3-18-15(16-20-10(2)9-21-16)12-6-7-13(17)11-5-4-8-19-14(11)12/h4-9,15,18H,3H2,1-2H3. The second-order valence-corrected chi connectivity index (χ2v) is 6.60. The molecule has 3 aromatic rings. The summed E-state index contributed by atoms with van der Waals surface area (Å²) in [4.78, 5) is 9.24. The van der Waals surface area contributed by atoms with Crippen molar-refractivity contribution in [2.45, 2.75) is 19.9 Å². The van der Waals surface area contributed by atoms with Crippen molar-refractivity contribution in [1.82, 2.24) is 15.3 Å². The van der Waals surface area contributed by atoms with Gasteiger partial charge in [-0.25, -0.2) is 4.98 Å². The molecule has 1 unspecified atom stereocenters. The van der Waals surface area contributed by atoms with Crippen molar-refractivity contribution in [1.29, 1.82) is 0 Å². The molecule has 1 aromatic carbocycles. The van der Waals surface area contributed by atoms with Crippen molar-refractivity contribution in [2.24, 2.45) is 0 Å². The van der Waals surface area contributed by atoms with Gasteiger partial charge < -0.3 is 5.32 Å². The van der Waals surface area contributed by atoms with Crippen LogP contribution in [0.3, 0.4) is 0 Å². The number of thiazole rings is 1. The van der Waals surface area contributed by atoms with Crippen LogP contribution in [0.4, 0.5) is 0 Å². The van der Waals surface area contributed by atoms with Crippen molar-refractivity contribution in [3.05, 3.63) is 56.6 Å². The van der Waals surface area contributed by atoms with Gasteiger partial charge in [-0.1, -0.05) is 35.0 Å². The third-order valence-electron chi connectivity index (χ3n) is 3.35. The van der Waals surface area contributed by atoms with Gasteiger partial charge in [0.15, 0.2) is 0 Å². The van der Waals surface area contributed by atoms with Gasteiger partial charge in [0.25, 0.3) is 0 Å². The summed E-state index contributed by atoms with van der Waals surface area (Å²) in [5.41, 5.74) is 3.25. The summed E-state index contributed by atoms with van der Waals surface area (Å²) in [5.74, 6) is 0. The number of nitrogens with one attached hydrogen (secondary N) is 1. The first-order chi connectivity index (χ1) is 10.2. The predicted octanol–water partition coefficient (Wildman–Crippen LogP) is 4.46. The summed E-state index contributed by atoms with van der Waals surface area (Å²) in [6.45, 7) is 5.02. The lowest BCUT2D eigenvalue weighted by molar-refractivity contribution is 0.629. The monoisotopic (exact) mass is 361 g/mol. The molecule has 21 heavy (non-hydrogen) atoms. The molecule has 3 rings (SSSR count). The molecule has 1 N–H and O–H groups in total. The minimum Gasteiger partial charge on any atom is -0.304 e. The Morgan fingerprint density at radius 1 is 1.33 bits per heavy atom. The minimum absolute atomic E-state index is 0.0826. The number of rotatable bonds is 4. The zero-order chi connectivity index (χ0) is 14.8. The first-order valence-electron chi connectivity index (χ1n) is 6.89. The van der Waals surface area contributed by atoms with E-state index in [2.05, 4.69) is 61.7 Å². The van der Waals surface area contributed by atoms with Crippen LogP contribution in [0, 0.1) is 6.92 Å². The number of fused-ring (bicyclic) bond motifs is 1. The maximum Gasteiger partial charge on any atom is 0.114 e. The summed E-state index contributed by atoms with van der Waals surface area (Å²) in [7, 11) is 0. The molecule has 0 saturated carbocycles. The first-order valence-corrected chi connectivity index (χ1v) is 8.56. The molecule has 2 heterocycles. The van der Waals surface area contributed by atoms with E-state index in [-0.39, 0.29) is 6.04 Å². The maximum atomic E-state index is 4.65. The Kier molecular flexibility index (Phi) is 4.33. The fourth-order valence-electron chi connectivity index (χ4n) is 2.43. The Morgan fingerprint density at radius 3 is 2.90 bits per heavy atom. The van der Waals surface area contributed by atoms with Crippen molar-refractivity contribution in [3.63, 3.8) is 0 Å². The van der Waals surface area contributed by atoms with Gasteiger partial charge in [0, 0.05) is 32.7 Å². The molecule has 0 radical (unpaired) electrons.